The molecule has 9 heteroatoms. The van der Waals surface area contributed by atoms with Crippen molar-refractivity contribution in [2.75, 3.05) is 0 Å². The van der Waals surface area contributed by atoms with Crippen LogP contribution in [0.3, 0.4) is 0 Å². The lowest BCUT2D eigenvalue weighted by molar-refractivity contribution is -0.142. The van der Waals surface area contributed by atoms with Gasteiger partial charge in [-0.25, -0.2) is 4.99 Å². The number of nitrogens with zero attached hydrogens (tertiary/aromatic N) is 3. The Morgan fingerprint density at radius 1 is 1.48 bits per heavy atom. The van der Waals surface area contributed by atoms with Crippen molar-refractivity contribution in [1.82, 2.24) is 15.1 Å². The zero-order valence-electron chi connectivity index (χ0n) is 11.7. The third-order valence-electron chi connectivity index (χ3n) is 3.30. The minimum Gasteiger partial charge on any atom is -0.370 e. The van der Waals surface area contributed by atoms with Crippen LogP contribution in [0.15, 0.2) is 11.2 Å². The SMILES string of the molecule is Cn1cc(CN=C(N)NC2CCCC2)c(C(F)(F)F)n1.I. The van der Waals surface area contributed by atoms with Crippen LogP contribution in [-0.4, -0.2) is 21.8 Å². The van der Waals surface area contributed by atoms with E-state index in [4.69, 9.17) is 5.73 Å². The zero-order chi connectivity index (χ0) is 14.8. The molecule has 1 heterocycles. The Labute approximate surface area is 138 Å². The van der Waals surface area contributed by atoms with Gasteiger partial charge in [0.2, 0.25) is 0 Å². The van der Waals surface area contributed by atoms with Gasteiger partial charge in [-0.3, -0.25) is 4.68 Å². The van der Waals surface area contributed by atoms with Crippen LogP contribution in [0.25, 0.3) is 0 Å². The Morgan fingerprint density at radius 2 is 2.10 bits per heavy atom. The van der Waals surface area contributed by atoms with Gasteiger partial charge in [-0.15, -0.1) is 24.0 Å². The van der Waals surface area contributed by atoms with Gasteiger partial charge in [0.25, 0.3) is 0 Å². The zero-order valence-corrected chi connectivity index (χ0v) is 14.0. The fourth-order valence-electron chi connectivity index (χ4n) is 2.39. The quantitative estimate of drug-likeness (QED) is 0.451. The van der Waals surface area contributed by atoms with Crippen LogP contribution >= 0.6 is 24.0 Å². The van der Waals surface area contributed by atoms with Crippen LogP contribution in [0, 0.1) is 0 Å². The number of hydrogen-bond donors (Lipinski definition) is 2. The predicted molar refractivity (Wildman–Crippen MR) is 84.3 cm³/mol. The lowest BCUT2D eigenvalue weighted by Gasteiger charge is -2.12. The van der Waals surface area contributed by atoms with Gasteiger partial charge in [-0.05, 0) is 12.8 Å². The number of guanidine groups is 1. The summed E-state index contributed by atoms with van der Waals surface area (Å²) in [5, 5.41) is 6.46. The maximum atomic E-state index is 12.7. The minimum atomic E-state index is -4.47. The highest BCUT2D eigenvalue weighted by atomic mass is 127. The van der Waals surface area contributed by atoms with Crippen LogP contribution in [0.5, 0.6) is 0 Å². The second kappa shape index (κ2) is 7.32. The molecule has 0 radical (unpaired) electrons. The van der Waals surface area contributed by atoms with Gasteiger partial charge in [-0.2, -0.15) is 18.3 Å². The number of nitrogens with two attached hydrogens (primary N) is 1. The summed E-state index contributed by atoms with van der Waals surface area (Å²) < 4.78 is 39.4. The lowest BCUT2D eigenvalue weighted by atomic mass is 10.2. The molecule has 1 aromatic rings. The fourth-order valence-corrected chi connectivity index (χ4v) is 2.39. The minimum absolute atomic E-state index is 0. The molecule has 1 aliphatic carbocycles. The molecule has 21 heavy (non-hydrogen) atoms. The topological polar surface area (TPSA) is 68.2 Å². The van der Waals surface area contributed by atoms with Crippen molar-refractivity contribution in [3.05, 3.63) is 17.5 Å². The first-order valence-electron chi connectivity index (χ1n) is 6.52. The number of aryl methyl sites for hydroxylation is 1. The number of alkyl halides is 3. The Bertz CT molecular complexity index is 492. The van der Waals surface area contributed by atoms with E-state index in [0.29, 0.717) is 0 Å². The molecule has 0 spiro atoms. The maximum Gasteiger partial charge on any atom is 0.435 e. The van der Waals surface area contributed by atoms with Gasteiger partial charge in [0, 0.05) is 24.8 Å². The van der Waals surface area contributed by atoms with E-state index in [9.17, 15) is 13.2 Å². The molecule has 0 aromatic carbocycles. The number of hydrogen-bond acceptors (Lipinski definition) is 2. The number of aromatic nitrogens is 2. The maximum absolute atomic E-state index is 12.7. The summed E-state index contributed by atoms with van der Waals surface area (Å²) in [6, 6.07) is 0.287. The Kier molecular flexibility index (Phi) is 6.29. The molecule has 5 nitrogen and oxygen atoms in total. The second-order valence-corrected chi connectivity index (χ2v) is 5.00. The van der Waals surface area contributed by atoms with E-state index in [1.165, 1.54) is 13.2 Å². The summed E-state index contributed by atoms with van der Waals surface area (Å²) in [5.41, 5.74) is 4.82. The number of nitrogens with one attached hydrogen (secondary N) is 1. The van der Waals surface area contributed by atoms with Crippen LogP contribution in [-0.2, 0) is 19.8 Å². The van der Waals surface area contributed by atoms with Crippen molar-refractivity contribution < 1.29 is 13.2 Å². The van der Waals surface area contributed by atoms with Crippen LogP contribution in [0.1, 0.15) is 36.9 Å². The Hall–Kier alpha value is -1.00. The Balaban J connectivity index is 0.00000220. The predicted octanol–water partition coefficient (Wildman–Crippen LogP) is 2.40. The molecule has 1 aliphatic rings. The molecule has 0 aliphatic heterocycles. The van der Waals surface area contributed by atoms with Gasteiger partial charge in [0.05, 0.1) is 6.54 Å². The van der Waals surface area contributed by atoms with Crippen molar-refractivity contribution in [1.29, 1.82) is 0 Å². The smallest absolute Gasteiger partial charge is 0.370 e. The van der Waals surface area contributed by atoms with Crippen molar-refractivity contribution >= 4 is 29.9 Å². The van der Waals surface area contributed by atoms with Crippen molar-refractivity contribution in [2.45, 2.75) is 44.4 Å². The van der Waals surface area contributed by atoms with Crippen LogP contribution in [0.4, 0.5) is 13.2 Å². The fraction of sp³-hybridized carbons (Fsp3) is 0.667. The molecule has 1 aromatic heterocycles. The van der Waals surface area contributed by atoms with Crippen molar-refractivity contribution in [3.63, 3.8) is 0 Å². The van der Waals surface area contributed by atoms with Gasteiger partial charge in [-0.1, -0.05) is 12.8 Å². The van der Waals surface area contributed by atoms with E-state index in [0.717, 1.165) is 30.4 Å². The summed E-state index contributed by atoms with van der Waals surface area (Å²) in [5.74, 6) is 0.189. The molecule has 120 valence electrons. The molecule has 0 atom stereocenters. The molecule has 2 rings (SSSR count). The van der Waals surface area contributed by atoms with E-state index in [2.05, 4.69) is 15.4 Å². The molecule has 1 saturated carbocycles. The molecule has 0 unspecified atom stereocenters. The summed E-state index contributed by atoms with van der Waals surface area (Å²) in [6.45, 7) is -0.131. The van der Waals surface area contributed by atoms with Gasteiger partial charge < -0.3 is 11.1 Å². The average molecular weight is 417 g/mol. The highest BCUT2D eigenvalue weighted by Crippen LogP contribution is 2.30. The van der Waals surface area contributed by atoms with Crippen LogP contribution < -0.4 is 11.1 Å². The van der Waals surface area contributed by atoms with E-state index in [1.807, 2.05) is 0 Å². The highest BCUT2D eigenvalue weighted by Gasteiger charge is 2.36. The van der Waals surface area contributed by atoms with Gasteiger partial charge in [0.1, 0.15) is 0 Å². The average Bonchev–Trinajstić information content (AvgIpc) is 2.95. The summed E-state index contributed by atoms with van der Waals surface area (Å²) >= 11 is 0. The molecule has 0 bridgehead atoms. The number of rotatable bonds is 3. The first kappa shape index (κ1) is 18.1. The van der Waals surface area contributed by atoms with E-state index in [1.54, 1.807) is 0 Å². The normalized spacial score (nSPS) is 16.9. The summed E-state index contributed by atoms with van der Waals surface area (Å²) in [7, 11) is 1.45. The second-order valence-electron chi connectivity index (χ2n) is 5.00. The van der Waals surface area contributed by atoms with Gasteiger partial charge in [0.15, 0.2) is 11.7 Å². The van der Waals surface area contributed by atoms with Crippen molar-refractivity contribution in [3.8, 4) is 0 Å². The van der Waals surface area contributed by atoms with Gasteiger partial charge >= 0.3 is 6.18 Å². The van der Waals surface area contributed by atoms with Crippen LogP contribution in [0.2, 0.25) is 0 Å². The van der Waals surface area contributed by atoms with Crippen molar-refractivity contribution in [2.24, 2.45) is 17.8 Å². The monoisotopic (exact) mass is 417 g/mol. The third-order valence-corrected chi connectivity index (χ3v) is 3.30. The summed E-state index contributed by atoms with van der Waals surface area (Å²) in [6.07, 6.45) is 1.18. The third kappa shape index (κ3) is 5.04. The van der Waals surface area contributed by atoms with E-state index in [-0.39, 0.29) is 48.1 Å². The molecule has 1 fully saturated rings. The van der Waals surface area contributed by atoms with E-state index < -0.39 is 11.9 Å². The largest absolute Gasteiger partial charge is 0.435 e. The first-order chi connectivity index (χ1) is 9.36. The molecule has 3 N–H and O–H groups in total. The number of halogens is 4. The molecule has 0 amide bonds. The van der Waals surface area contributed by atoms with E-state index >= 15 is 0 Å². The summed E-state index contributed by atoms with van der Waals surface area (Å²) in [4.78, 5) is 3.98. The standard InChI is InChI=1S/C12H18F3N5.HI/c1-20-7-8(10(19-20)12(13,14)15)6-17-11(16)18-9-4-2-3-5-9;/h7,9H,2-6H2,1H3,(H3,16,17,18);1H. The Morgan fingerprint density at radius 3 is 2.67 bits per heavy atom. The molecule has 0 saturated heterocycles. The molecular formula is C12H19F3IN5. The number of aliphatic imine (C=N–C) groups is 1. The first-order valence-corrected chi connectivity index (χ1v) is 6.52. The molecular weight excluding hydrogens is 398 g/mol. The lowest BCUT2D eigenvalue weighted by Crippen LogP contribution is -2.38. The highest BCUT2D eigenvalue weighted by molar-refractivity contribution is 14.0.